The van der Waals surface area contributed by atoms with Crippen molar-refractivity contribution in [1.82, 2.24) is 5.32 Å². The van der Waals surface area contributed by atoms with Gasteiger partial charge in [-0.3, -0.25) is 4.79 Å². The van der Waals surface area contributed by atoms with E-state index in [0.717, 1.165) is 32.1 Å². The average Bonchev–Trinajstić information content (AvgIpc) is 2.32. The van der Waals surface area contributed by atoms with Crippen LogP contribution in [0.1, 0.15) is 71.6 Å². The van der Waals surface area contributed by atoms with E-state index in [0.29, 0.717) is 17.3 Å². The minimum Gasteiger partial charge on any atom is -0.391 e. The van der Waals surface area contributed by atoms with E-state index in [1.807, 2.05) is 0 Å². The largest absolute Gasteiger partial charge is 0.391 e. The predicted octanol–water partition coefficient (Wildman–Crippen LogP) is 3.31. The normalized spacial score (nSPS) is 20.9. The lowest BCUT2D eigenvalue weighted by atomic mass is 9.83. The summed E-state index contributed by atoms with van der Waals surface area (Å²) in [5.41, 5.74) is 5.52. The molecule has 3 nitrogen and oxygen atoms in total. The second-order valence-electron chi connectivity index (χ2n) is 5.98. The Morgan fingerprint density at radius 2 is 1.79 bits per heavy atom. The molecule has 0 saturated heterocycles. The van der Waals surface area contributed by atoms with Gasteiger partial charge in [0.2, 0.25) is 5.91 Å². The van der Waals surface area contributed by atoms with Crippen molar-refractivity contribution in [1.29, 1.82) is 0 Å². The fraction of sp³-hybridized carbons (Fsp3) is 0.867. The molecule has 0 bridgehead atoms. The van der Waals surface area contributed by atoms with Gasteiger partial charge in [-0.25, -0.2) is 0 Å². The fourth-order valence-electron chi connectivity index (χ4n) is 2.72. The van der Waals surface area contributed by atoms with Crippen molar-refractivity contribution in [3.05, 3.63) is 0 Å². The molecule has 1 amide bonds. The van der Waals surface area contributed by atoms with E-state index in [1.54, 1.807) is 0 Å². The van der Waals surface area contributed by atoms with E-state index < -0.39 is 5.54 Å². The first kappa shape index (κ1) is 16.4. The molecule has 1 atom stereocenters. The number of nitrogens with one attached hydrogen (secondary N) is 1. The molecule has 0 aromatic carbocycles. The lowest BCUT2D eigenvalue weighted by Crippen LogP contribution is -2.57. The van der Waals surface area contributed by atoms with E-state index in [4.69, 9.17) is 18.0 Å². The molecule has 110 valence electrons. The minimum absolute atomic E-state index is 0.0997. The second-order valence-corrected chi connectivity index (χ2v) is 6.42. The molecule has 19 heavy (non-hydrogen) atoms. The Morgan fingerprint density at radius 3 is 2.26 bits per heavy atom. The number of hydrogen-bond donors (Lipinski definition) is 2. The summed E-state index contributed by atoms with van der Waals surface area (Å²) in [6.45, 7) is 4.21. The second kappa shape index (κ2) is 7.83. The summed E-state index contributed by atoms with van der Waals surface area (Å²) in [6.07, 6.45) is 9.30. The van der Waals surface area contributed by atoms with Crippen LogP contribution in [0.15, 0.2) is 0 Å². The number of hydrogen-bond acceptors (Lipinski definition) is 2. The highest BCUT2D eigenvalue weighted by Crippen LogP contribution is 2.27. The average molecular weight is 284 g/mol. The lowest BCUT2D eigenvalue weighted by Gasteiger charge is -2.35. The Morgan fingerprint density at radius 1 is 1.26 bits per heavy atom. The zero-order valence-electron chi connectivity index (χ0n) is 12.3. The summed E-state index contributed by atoms with van der Waals surface area (Å²) < 4.78 is 0. The van der Waals surface area contributed by atoms with Gasteiger partial charge in [-0.15, -0.1) is 0 Å². The Kier molecular flexibility index (Phi) is 6.76. The molecule has 0 aromatic heterocycles. The smallest absolute Gasteiger partial charge is 0.221 e. The first-order valence-electron chi connectivity index (χ1n) is 7.61. The molecule has 0 spiro atoms. The molecule has 1 aliphatic rings. The summed E-state index contributed by atoms with van der Waals surface area (Å²) in [5, 5.41) is 3.16. The van der Waals surface area contributed by atoms with Crippen molar-refractivity contribution in [2.75, 3.05) is 0 Å². The van der Waals surface area contributed by atoms with Crippen LogP contribution in [0, 0.1) is 5.92 Å². The van der Waals surface area contributed by atoms with Crippen LogP contribution in [0.3, 0.4) is 0 Å². The molecule has 1 unspecified atom stereocenters. The van der Waals surface area contributed by atoms with Crippen molar-refractivity contribution in [2.45, 2.75) is 77.2 Å². The number of carbonyl (C=O) groups excluding carboxylic acids is 1. The molecule has 3 N–H and O–H groups in total. The monoisotopic (exact) mass is 284 g/mol. The molecule has 1 fully saturated rings. The van der Waals surface area contributed by atoms with Crippen LogP contribution in [0.5, 0.6) is 0 Å². The van der Waals surface area contributed by atoms with Gasteiger partial charge in [-0.1, -0.05) is 64.6 Å². The number of amides is 1. The van der Waals surface area contributed by atoms with Gasteiger partial charge in [0.25, 0.3) is 0 Å². The molecule has 0 aliphatic heterocycles. The highest BCUT2D eigenvalue weighted by Gasteiger charge is 2.34. The summed E-state index contributed by atoms with van der Waals surface area (Å²) >= 11 is 5.26. The van der Waals surface area contributed by atoms with Gasteiger partial charge in [0.05, 0.1) is 10.5 Å². The Bertz CT molecular complexity index is 309. The highest BCUT2D eigenvalue weighted by atomic mass is 32.1. The Labute approximate surface area is 122 Å². The number of nitrogens with two attached hydrogens (primary N) is 1. The van der Waals surface area contributed by atoms with Gasteiger partial charge < -0.3 is 11.1 Å². The van der Waals surface area contributed by atoms with Crippen LogP contribution in [0.4, 0.5) is 0 Å². The molecule has 4 heteroatoms. The van der Waals surface area contributed by atoms with Crippen LogP contribution in [-0.4, -0.2) is 16.4 Å². The van der Waals surface area contributed by atoms with Crippen LogP contribution in [0.2, 0.25) is 0 Å². The third-order valence-corrected chi connectivity index (χ3v) is 4.68. The molecular weight excluding hydrogens is 256 g/mol. The summed E-state index contributed by atoms with van der Waals surface area (Å²) in [4.78, 5) is 12.6. The number of rotatable bonds is 5. The van der Waals surface area contributed by atoms with Crippen molar-refractivity contribution >= 4 is 23.1 Å². The predicted molar refractivity (Wildman–Crippen MR) is 84.1 cm³/mol. The molecule has 0 radical (unpaired) electrons. The van der Waals surface area contributed by atoms with Crippen molar-refractivity contribution in [3.8, 4) is 0 Å². The van der Waals surface area contributed by atoms with Crippen LogP contribution in [-0.2, 0) is 4.79 Å². The van der Waals surface area contributed by atoms with Crippen molar-refractivity contribution in [3.63, 3.8) is 0 Å². The maximum Gasteiger partial charge on any atom is 0.221 e. The van der Waals surface area contributed by atoms with E-state index in [9.17, 15) is 4.79 Å². The van der Waals surface area contributed by atoms with Gasteiger partial charge in [-0.05, 0) is 18.8 Å². The molecule has 1 aliphatic carbocycles. The quantitative estimate of drug-likeness (QED) is 0.762. The Balaban J connectivity index is 2.69. The minimum atomic E-state index is -0.430. The number of thiocarbonyl (C=S) groups is 1. The molecule has 1 saturated carbocycles. The van der Waals surface area contributed by atoms with Crippen molar-refractivity contribution in [2.24, 2.45) is 11.7 Å². The first-order chi connectivity index (χ1) is 9.00. The van der Waals surface area contributed by atoms with Crippen LogP contribution < -0.4 is 11.1 Å². The standard InChI is InChI=1S/C15H28N2OS/c1-3-12(2)11-13(18)17-15(14(16)19)9-7-5-4-6-8-10-15/h12H,3-11H2,1-2H3,(H2,16,19)(H,17,18). The first-order valence-corrected chi connectivity index (χ1v) is 8.02. The summed E-state index contributed by atoms with van der Waals surface area (Å²) in [6, 6.07) is 0. The van der Waals surface area contributed by atoms with Crippen molar-refractivity contribution < 1.29 is 4.79 Å². The third kappa shape index (κ3) is 5.09. The fourth-order valence-corrected chi connectivity index (χ4v) is 2.98. The SMILES string of the molecule is CCC(C)CC(=O)NC1(C(N)=S)CCCCCCC1. The lowest BCUT2D eigenvalue weighted by molar-refractivity contribution is -0.123. The Hall–Kier alpha value is -0.640. The summed E-state index contributed by atoms with van der Waals surface area (Å²) in [5.74, 6) is 0.514. The van der Waals surface area contributed by atoms with Crippen LogP contribution >= 0.6 is 12.2 Å². The van der Waals surface area contributed by atoms with Gasteiger partial charge in [-0.2, -0.15) is 0 Å². The van der Waals surface area contributed by atoms with E-state index >= 15 is 0 Å². The van der Waals surface area contributed by atoms with Gasteiger partial charge in [0.15, 0.2) is 0 Å². The van der Waals surface area contributed by atoms with E-state index in [1.165, 1.54) is 19.3 Å². The maximum absolute atomic E-state index is 12.2. The maximum atomic E-state index is 12.2. The van der Waals surface area contributed by atoms with Crippen LogP contribution in [0.25, 0.3) is 0 Å². The number of carbonyl (C=O) groups is 1. The highest BCUT2D eigenvalue weighted by molar-refractivity contribution is 7.80. The third-order valence-electron chi connectivity index (χ3n) is 4.29. The molecule has 1 rings (SSSR count). The van der Waals surface area contributed by atoms with Gasteiger partial charge in [0, 0.05) is 6.42 Å². The van der Waals surface area contributed by atoms with E-state index in [2.05, 4.69) is 19.2 Å². The topological polar surface area (TPSA) is 55.1 Å². The zero-order valence-corrected chi connectivity index (χ0v) is 13.2. The molecule has 0 heterocycles. The van der Waals surface area contributed by atoms with Gasteiger partial charge >= 0.3 is 0 Å². The van der Waals surface area contributed by atoms with Gasteiger partial charge in [0.1, 0.15) is 0 Å². The molecular formula is C15H28N2OS. The zero-order chi connectivity index (χ0) is 14.3. The molecule has 0 aromatic rings. The van der Waals surface area contributed by atoms with E-state index in [-0.39, 0.29) is 5.91 Å². The summed E-state index contributed by atoms with van der Waals surface area (Å²) in [7, 11) is 0.